The molecule has 168 valence electrons. The molecule has 0 aliphatic carbocycles. The van der Waals surface area contributed by atoms with Gasteiger partial charge in [-0.2, -0.15) is 0 Å². The molecule has 0 saturated heterocycles. The van der Waals surface area contributed by atoms with E-state index >= 15 is 0 Å². The molecule has 0 heterocycles. The predicted octanol–water partition coefficient (Wildman–Crippen LogP) is 7.01. The van der Waals surface area contributed by atoms with Crippen LogP contribution < -0.4 is 10.5 Å². The molecule has 0 spiro atoms. The number of halogens is 1. The monoisotopic (exact) mass is 467 g/mol. The van der Waals surface area contributed by atoms with Crippen LogP contribution in [0.3, 0.4) is 0 Å². The van der Waals surface area contributed by atoms with Crippen molar-refractivity contribution in [3.8, 4) is 5.75 Å². The molecule has 0 saturated carbocycles. The molecule has 3 aromatic carbocycles. The van der Waals surface area contributed by atoms with Gasteiger partial charge in [0, 0.05) is 20.5 Å². The zero-order valence-electron chi connectivity index (χ0n) is 18.4. The van der Waals surface area contributed by atoms with E-state index in [0.29, 0.717) is 6.61 Å². The summed E-state index contributed by atoms with van der Waals surface area (Å²) in [4.78, 5) is 2.19. The Bertz CT molecular complexity index is 1040. The quantitative estimate of drug-likeness (QED) is 0.318. The van der Waals surface area contributed by atoms with Crippen molar-refractivity contribution in [1.29, 1.82) is 0 Å². The molecule has 0 radical (unpaired) electrons. The maximum Gasteiger partial charge on any atom is 0.120 e. The molecule has 0 aliphatic rings. The van der Waals surface area contributed by atoms with Crippen molar-refractivity contribution >= 4 is 23.4 Å². The second kappa shape index (κ2) is 12.6. The van der Waals surface area contributed by atoms with Crippen LogP contribution >= 0.6 is 23.4 Å². The Labute approximate surface area is 200 Å². The lowest BCUT2D eigenvalue weighted by molar-refractivity contribution is 0.305. The normalized spacial score (nSPS) is 11.8. The van der Waals surface area contributed by atoms with Gasteiger partial charge in [0.2, 0.25) is 0 Å². The highest BCUT2D eigenvalue weighted by molar-refractivity contribution is 7.99. The second-order valence-corrected chi connectivity index (χ2v) is 9.15. The molecule has 3 N–H and O–H groups in total. The Morgan fingerprint density at radius 1 is 1.00 bits per heavy atom. The van der Waals surface area contributed by atoms with Gasteiger partial charge < -0.3 is 15.6 Å². The van der Waals surface area contributed by atoms with Gasteiger partial charge in [0.15, 0.2) is 0 Å². The van der Waals surface area contributed by atoms with Gasteiger partial charge in [-0.1, -0.05) is 72.8 Å². The number of hydrogen-bond donors (Lipinski definition) is 2. The van der Waals surface area contributed by atoms with E-state index in [0.717, 1.165) is 68.6 Å². The lowest BCUT2D eigenvalue weighted by atomic mass is 10.0. The molecule has 32 heavy (non-hydrogen) atoms. The third-order valence-electron chi connectivity index (χ3n) is 5.26. The number of aliphatic hydroxyl groups is 1. The molecule has 0 aromatic heterocycles. The van der Waals surface area contributed by atoms with E-state index in [4.69, 9.17) is 22.1 Å². The lowest BCUT2D eigenvalue weighted by Gasteiger charge is -2.11. The number of aliphatic hydroxyl groups excluding tert-OH is 1. The van der Waals surface area contributed by atoms with Crippen molar-refractivity contribution in [1.82, 2.24) is 0 Å². The minimum atomic E-state index is 0.0249. The third kappa shape index (κ3) is 7.33. The SMILES string of the molecule is CCC(N)=C(CO)CCCc1ccc(Sc2cccc(OCc3ccccc3)c2)cc1Cl. The number of allylic oxidation sites excluding steroid dienone is 1. The molecular weight excluding hydrogens is 438 g/mol. The highest BCUT2D eigenvalue weighted by Gasteiger charge is 2.07. The third-order valence-corrected chi connectivity index (χ3v) is 6.60. The zero-order chi connectivity index (χ0) is 22.8. The van der Waals surface area contributed by atoms with Gasteiger partial charge in [0.25, 0.3) is 0 Å². The minimum Gasteiger partial charge on any atom is -0.489 e. The molecule has 3 rings (SSSR count). The molecule has 0 amide bonds. The second-order valence-electron chi connectivity index (χ2n) is 7.60. The number of benzene rings is 3. The van der Waals surface area contributed by atoms with Gasteiger partial charge >= 0.3 is 0 Å². The largest absolute Gasteiger partial charge is 0.489 e. The summed E-state index contributed by atoms with van der Waals surface area (Å²) in [7, 11) is 0. The van der Waals surface area contributed by atoms with Crippen LogP contribution in [0.5, 0.6) is 5.75 Å². The highest BCUT2D eigenvalue weighted by atomic mass is 35.5. The van der Waals surface area contributed by atoms with Crippen molar-refractivity contribution in [3.63, 3.8) is 0 Å². The van der Waals surface area contributed by atoms with E-state index < -0.39 is 0 Å². The Balaban J connectivity index is 1.57. The molecule has 0 fully saturated rings. The van der Waals surface area contributed by atoms with Crippen LogP contribution in [-0.4, -0.2) is 11.7 Å². The first-order valence-electron chi connectivity index (χ1n) is 10.9. The van der Waals surface area contributed by atoms with Crippen molar-refractivity contribution in [3.05, 3.63) is 100 Å². The van der Waals surface area contributed by atoms with E-state index in [9.17, 15) is 5.11 Å². The van der Waals surface area contributed by atoms with E-state index in [1.54, 1.807) is 11.8 Å². The zero-order valence-corrected chi connectivity index (χ0v) is 20.0. The van der Waals surface area contributed by atoms with Crippen LogP contribution in [0.25, 0.3) is 0 Å². The number of hydrogen-bond acceptors (Lipinski definition) is 4. The maximum atomic E-state index is 9.49. The number of ether oxygens (including phenoxy) is 1. The number of nitrogens with two attached hydrogens (primary N) is 1. The van der Waals surface area contributed by atoms with Crippen LogP contribution in [0.15, 0.2) is 93.9 Å². The molecule has 0 atom stereocenters. The topological polar surface area (TPSA) is 55.5 Å². The average molecular weight is 468 g/mol. The Morgan fingerprint density at radius 2 is 1.78 bits per heavy atom. The summed E-state index contributed by atoms with van der Waals surface area (Å²) in [6, 6.07) is 24.5. The summed E-state index contributed by atoms with van der Waals surface area (Å²) < 4.78 is 5.94. The highest BCUT2D eigenvalue weighted by Crippen LogP contribution is 2.33. The summed E-state index contributed by atoms with van der Waals surface area (Å²) in [5.41, 5.74) is 9.96. The van der Waals surface area contributed by atoms with Crippen LogP contribution in [-0.2, 0) is 13.0 Å². The Morgan fingerprint density at radius 3 is 2.50 bits per heavy atom. The smallest absolute Gasteiger partial charge is 0.120 e. The average Bonchev–Trinajstić information content (AvgIpc) is 2.82. The number of rotatable bonds is 11. The fraction of sp³-hybridized carbons (Fsp3) is 0.259. The minimum absolute atomic E-state index is 0.0249. The summed E-state index contributed by atoms with van der Waals surface area (Å²) in [5.74, 6) is 0.848. The first-order chi connectivity index (χ1) is 15.6. The van der Waals surface area contributed by atoms with Crippen molar-refractivity contribution in [2.75, 3.05) is 6.61 Å². The van der Waals surface area contributed by atoms with E-state index in [-0.39, 0.29) is 6.61 Å². The van der Waals surface area contributed by atoms with E-state index in [1.807, 2.05) is 43.3 Å². The van der Waals surface area contributed by atoms with Crippen LogP contribution in [0.2, 0.25) is 5.02 Å². The van der Waals surface area contributed by atoms with Gasteiger partial charge in [-0.3, -0.25) is 0 Å². The molecule has 0 bridgehead atoms. The van der Waals surface area contributed by atoms with Crippen LogP contribution in [0.4, 0.5) is 0 Å². The van der Waals surface area contributed by atoms with Crippen LogP contribution in [0.1, 0.15) is 37.3 Å². The molecule has 5 heteroatoms. The standard InChI is InChI=1S/C27H30ClNO2S/c1-2-27(29)22(18-30)11-6-10-21-14-15-25(17-26(21)28)32-24-13-7-12-23(16-24)31-19-20-8-4-3-5-9-20/h3-5,7-9,12-17,30H,2,6,10-11,18-19,29H2,1H3. The van der Waals surface area contributed by atoms with Gasteiger partial charge in [0.05, 0.1) is 6.61 Å². The lowest BCUT2D eigenvalue weighted by Crippen LogP contribution is -2.05. The fourth-order valence-electron chi connectivity index (χ4n) is 3.38. The molecular formula is C27H30ClNO2S. The molecule has 3 nitrogen and oxygen atoms in total. The van der Waals surface area contributed by atoms with E-state index in [2.05, 4.69) is 36.4 Å². The Kier molecular flexibility index (Phi) is 9.54. The van der Waals surface area contributed by atoms with E-state index in [1.165, 1.54) is 0 Å². The summed E-state index contributed by atoms with van der Waals surface area (Å²) >= 11 is 8.22. The maximum absolute atomic E-state index is 9.49. The van der Waals surface area contributed by atoms with Crippen molar-refractivity contribution < 1.29 is 9.84 Å². The molecule has 0 unspecified atom stereocenters. The molecule has 3 aromatic rings. The fourth-order valence-corrected chi connectivity index (χ4v) is 4.63. The summed E-state index contributed by atoms with van der Waals surface area (Å²) in [6.07, 6.45) is 3.32. The summed E-state index contributed by atoms with van der Waals surface area (Å²) in [6.45, 7) is 2.58. The van der Waals surface area contributed by atoms with Gasteiger partial charge in [-0.05, 0) is 72.7 Å². The number of aryl methyl sites for hydroxylation is 1. The van der Waals surface area contributed by atoms with Gasteiger partial charge in [0.1, 0.15) is 12.4 Å². The van der Waals surface area contributed by atoms with Crippen LogP contribution in [0, 0.1) is 0 Å². The summed E-state index contributed by atoms with van der Waals surface area (Å²) in [5, 5.41) is 10.3. The molecule has 0 aliphatic heterocycles. The van der Waals surface area contributed by atoms with Crippen molar-refractivity contribution in [2.45, 2.75) is 49.0 Å². The first kappa shape index (κ1) is 24.2. The van der Waals surface area contributed by atoms with Gasteiger partial charge in [-0.25, -0.2) is 0 Å². The Hall–Kier alpha value is -2.40. The first-order valence-corrected chi connectivity index (χ1v) is 12.1. The van der Waals surface area contributed by atoms with Crippen molar-refractivity contribution in [2.24, 2.45) is 5.73 Å². The predicted molar refractivity (Wildman–Crippen MR) is 134 cm³/mol. The van der Waals surface area contributed by atoms with Gasteiger partial charge in [-0.15, -0.1) is 0 Å².